The van der Waals surface area contributed by atoms with Gasteiger partial charge in [-0.15, -0.1) is 24.0 Å². The van der Waals surface area contributed by atoms with Gasteiger partial charge in [-0.3, -0.25) is 4.99 Å². The second-order valence-corrected chi connectivity index (χ2v) is 6.01. The molecule has 0 saturated carbocycles. The van der Waals surface area contributed by atoms with Crippen LogP contribution in [0.3, 0.4) is 0 Å². The highest BCUT2D eigenvalue weighted by atomic mass is 127. The van der Waals surface area contributed by atoms with Crippen LogP contribution in [-0.4, -0.2) is 58.6 Å². The van der Waals surface area contributed by atoms with Crippen molar-refractivity contribution in [1.29, 1.82) is 0 Å². The molecule has 0 bridgehead atoms. The molecule has 0 aromatic heterocycles. The van der Waals surface area contributed by atoms with E-state index in [-0.39, 0.29) is 30.1 Å². The summed E-state index contributed by atoms with van der Waals surface area (Å²) in [6.07, 6.45) is -2.33. The first kappa shape index (κ1) is 24.8. The van der Waals surface area contributed by atoms with Gasteiger partial charge >= 0.3 is 6.18 Å². The maximum Gasteiger partial charge on any atom is 0.416 e. The lowest BCUT2D eigenvalue weighted by atomic mass is 10.2. The quantitative estimate of drug-likeness (QED) is 0.228. The Hall–Kier alpha value is -1.27. The van der Waals surface area contributed by atoms with Gasteiger partial charge in [0.1, 0.15) is 12.4 Å². The summed E-state index contributed by atoms with van der Waals surface area (Å²) in [6, 6.07) is 4.63. The number of hydrogen-bond acceptors (Lipinski definition) is 4. The zero-order valence-corrected chi connectivity index (χ0v) is 18.1. The van der Waals surface area contributed by atoms with Crippen molar-refractivity contribution in [2.45, 2.75) is 25.1 Å². The van der Waals surface area contributed by atoms with Crippen LogP contribution in [0.5, 0.6) is 5.75 Å². The summed E-state index contributed by atoms with van der Waals surface area (Å²) >= 11 is 0. The summed E-state index contributed by atoms with van der Waals surface area (Å²) in [6.45, 7) is 3.60. The number of ether oxygens (including phenoxy) is 3. The van der Waals surface area contributed by atoms with Gasteiger partial charge in [-0.2, -0.15) is 13.2 Å². The van der Waals surface area contributed by atoms with Gasteiger partial charge in [-0.25, -0.2) is 0 Å². The second-order valence-electron chi connectivity index (χ2n) is 6.01. The van der Waals surface area contributed by atoms with Crippen LogP contribution in [-0.2, 0) is 15.7 Å². The first-order chi connectivity index (χ1) is 13.0. The monoisotopic (exact) mass is 517 g/mol. The summed E-state index contributed by atoms with van der Waals surface area (Å²) in [5, 5.41) is 6.25. The van der Waals surface area contributed by atoms with Crippen molar-refractivity contribution < 1.29 is 27.4 Å². The van der Waals surface area contributed by atoms with Crippen molar-refractivity contribution in [1.82, 2.24) is 10.6 Å². The minimum atomic E-state index is -4.34. The molecule has 6 nitrogen and oxygen atoms in total. The standard InChI is InChI=1S/C18H26F3N3O3.HI/c1-22-17(23-8-2-10-26-16-7-11-25-13-16)24-9-12-27-15-5-3-14(4-6-15)18(19,20)21;/h3-6,16H,2,7-13H2,1H3,(H2,22,23,24);1H. The predicted molar refractivity (Wildman–Crippen MR) is 112 cm³/mol. The topological polar surface area (TPSA) is 64.1 Å². The van der Waals surface area contributed by atoms with Gasteiger partial charge in [0, 0.05) is 26.8 Å². The van der Waals surface area contributed by atoms with E-state index in [9.17, 15) is 13.2 Å². The average Bonchev–Trinajstić information content (AvgIpc) is 3.16. The Morgan fingerprint density at radius 1 is 1.18 bits per heavy atom. The van der Waals surface area contributed by atoms with Gasteiger partial charge in [-0.05, 0) is 37.1 Å². The lowest BCUT2D eigenvalue weighted by Gasteiger charge is -2.14. The van der Waals surface area contributed by atoms with Crippen LogP contribution < -0.4 is 15.4 Å². The van der Waals surface area contributed by atoms with Gasteiger partial charge in [0.15, 0.2) is 5.96 Å². The Bertz CT molecular complexity index is 580. The zero-order valence-electron chi connectivity index (χ0n) is 15.8. The van der Waals surface area contributed by atoms with Gasteiger partial charge in [0.05, 0.1) is 24.8 Å². The number of nitrogens with zero attached hydrogens (tertiary/aromatic N) is 1. The highest BCUT2D eigenvalue weighted by Gasteiger charge is 2.29. The second kappa shape index (κ2) is 13.0. The van der Waals surface area contributed by atoms with Crippen LogP contribution in [0.25, 0.3) is 0 Å². The van der Waals surface area contributed by atoms with Crippen molar-refractivity contribution in [3.05, 3.63) is 29.8 Å². The highest BCUT2D eigenvalue weighted by molar-refractivity contribution is 14.0. The molecule has 0 radical (unpaired) electrons. The third kappa shape index (κ3) is 9.28. The molecule has 1 aromatic carbocycles. The molecule has 1 fully saturated rings. The van der Waals surface area contributed by atoms with Crippen molar-refractivity contribution in [2.24, 2.45) is 4.99 Å². The third-order valence-electron chi connectivity index (χ3n) is 3.92. The van der Waals surface area contributed by atoms with Crippen molar-refractivity contribution in [2.75, 3.05) is 46.6 Å². The molecule has 1 aromatic rings. The molecule has 0 aliphatic carbocycles. The fourth-order valence-electron chi connectivity index (χ4n) is 2.47. The number of benzene rings is 1. The Morgan fingerprint density at radius 2 is 1.89 bits per heavy atom. The molecular weight excluding hydrogens is 490 g/mol. The SMILES string of the molecule is CN=C(NCCCOC1CCOC1)NCCOc1ccc(C(F)(F)F)cc1.I. The fourth-order valence-corrected chi connectivity index (χ4v) is 2.47. The molecule has 1 aliphatic rings. The third-order valence-corrected chi connectivity index (χ3v) is 3.92. The van der Waals surface area contributed by atoms with Crippen LogP contribution in [0.1, 0.15) is 18.4 Å². The van der Waals surface area contributed by atoms with Gasteiger partial charge < -0.3 is 24.8 Å². The number of halogens is 4. The molecule has 10 heteroatoms. The van der Waals surface area contributed by atoms with Gasteiger partial charge in [0.2, 0.25) is 0 Å². The Labute approximate surface area is 180 Å². The smallest absolute Gasteiger partial charge is 0.416 e. The molecule has 2 N–H and O–H groups in total. The molecule has 160 valence electrons. The van der Waals surface area contributed by atoms with E-state index in [1.165, 1.54) is 12.1 Å². The van der Waals surface area contributed by atoms with E-state index in [0.717, 1.165) is 31.6 Å². The van der Waals surface area contributed by atoms with Crippen LogP contribution in [0.2, 0.25) is 0 Å². The van der Waals surface area contributed by atoms with E-state index in [4.69, 9.17) is 14.2 Å². The molecular formula is C18H27F3IN3O3. The molecule has 1 aliphatic heterocycles. The minimum Gasteiger partial charge on any atom is -0.492 e. The molecule has 1 unspecified atom stereocenters. The molecule has 2 rings (SSSR count). The van der Waals surface area contributed by atoms with Gasteiger partial charge in [-0.1, -0.05) is 0 Å². The Balaban J connectivity index is 0.00000392. The first-order valence-electron chi connectivity index (χ1n) is 8.93. The number of nitrogens with one attached hydrogen (secondary N) is 2. The molecule has 28 heavy (non-hydrogen) atoms. The number of hydrogen-bond donors (Lipinski definition) is 2. The molecule has 1 atom stereocenters. The molecule has 0 amide bonds. The van der Waals surface area contributed by atoms with E-state index in [1.807, 2.05) is 0 Å². The van der Waals surface area contributed by atoms with E-state index in [0.29, 0.717) is 44.6 Å². The van der Waals surface area contributed by atoms with Crippen LogP contribution in [0.4, 0.5) is 13.2 Å². The summed E-state index contributed by atoms with van der Waals surface area (Å²) in [4.78, 5) is 4.10. The number of guanidine groups is 1. The van der Waals surface area contributed by atoms with Crippen molar-refractivity contribution >= 4 is 29.9 Å². The summed E-state index contributed by atoms with van der Waals surface area (Å²) < 4.78 is 53.8. The number of aliphatic imine (C=N–C) groups is 1. The summed E-state index contributed by atoms with van der Waals surface area (Å²) in [5.41, 5.74) is -0.693. The Morgan fingerprint density at radius 3 is 2.50 bits per heavy atom. The van der Waals surface area contributed by atoms with Crippen molar-refractivity contribution in [3.8, 4) is 5.75 Å². The molecule has 0 spiro atoms. The number of alkyl halides is 3. The average molecular weight is 517 g/mol. The first-order valence-corrected chi connectivity index (χ1v) is 8.93. The van der Waals surface area contributed by atoms with E-state index in [2.05, 4.69) is 15.6 Å². The molecule has 1 heterocycles. The lowest BCUT2D eigenvalue weighted by Crippen LogP contribution is -2.40. The Kier molecular flexibility index (Phi) is 11.5. The van der Waals surface area contributed by atoms with Gasteiger partial charge in [0.25, 0.3) is 0 Å². The largest absolute Gasteiger partial charge is 0.492 e. The lowest BCUT2D eigenvalue weighted by molar-refractivity contribution is -0.137. The molecule has 1 saturated heterocycles. The van der Waals surface area contributed by atoms with Crippen LogP contribution in [0, 0.1) is 0 Å². The summed E-state index contributed by atoms with van der Waals surface area (Å²) in [5.74, 6) is 1.02. The van der Waals surface area contributed by atoms with Crippen molar-refractivity contribution in [3.63, 3.8) is 0 Å². The highest BCUT2D eigenvalue weighted by Crippen LogP contribution is 2.30. The zero-order chi connectivity index (χ0) is 19.5. The maximum atomic E-state index is 12.5. The van der Waals surface area contributed by atoms with E-state index in [1.54, 1.807) is 7.05 Å². The maximum absolute atomic E-state index is 12.5. The summed E-state index contributed by atoms with van der Waals surface area (Å²) in [7, 11) is 1.67. The number of rotatable bonds is 9. The van der Waals surface area contributed by atoms with Crippen LogP contribution in [0.15, 0.2) is 29.3 Å². The fraction of sp³-hybridized carbons (Fsp3) is 0.611. The normalized spacial score (nSPS) is 17.1. The predicted octanol–water partition coefficient (Wildman–Crippen LogP) is 3.06. The minimum absolute atomic E-state index is 0. The van der Waals surface area contributed by atoms with Crippen LogP contribution >= 0.6 is 24.0 Å². The van der Waals surface area contributed by atoms with E-state index >= 15 is 0 Å². The van der Waals surface area contributed by atoms with E-state index < -0.39 is 11.7 Å².